The molecule has 0 atom stereocenters. The van der Waals surface area contributed by atoms with Crippen molar-refractivity contribution in [1.82, 2.24) is 0 Å². The van der Waals surface area contributed by atoms with Crippen LogP contribution in [-0.2, 0) is 0 Å². The van der Waals surface area contributed by atoms with Gasteiger partial charge in [0.05, 0.1) is 6.61 Å². The number of aliphatic imine (C=N–C) groups is 1. The molecule has 0 saturated heterocycles. The summed E-state index contributed by atoms with van der Waals surface area (Å²) in [7, 11) is 0. The van der Waals surface area contributed by atoms with E-state index >= 15 is 0 Å². The zero-order valence-corrected chi connectivity index (χ0v) is 9.20. The molecule has 0 radical (unpaired) electrons. The maximum Gasteiger partial charge on any atom is 0.128 e. The molecule has 80 valence electrons. The summed E-state index contributed by atoms with van der Waals surface area (Å²) in [6, 6.07) is 8.21. The van der Waals surface area contributed by atoms with Crippen LogP contribution in [0.2, 0.25) is 0 Å². The molecule has 0 spiro atoms. The Morgan fingerprint density at radius 1 is 1.33 bits per heavy atom. The molecule has 0 bridgehead atoms. The summed E-state index contributed by atoms with van der Waals surface area (Å²) in [5, 5.41) is 0. The van der Waals surface area contributed by atoms with E-state index in [1.807, 2.05) is 12.1 Å². The number of para-hydroxylation sites is 1. The second-order valence-corrected chi connectivity index (χ2v) is 3.78. The Labute approximate surface area is 91.0 Å². The maximum atomic E-state index is 5.72. The summed E-state index contributed by atoms with van der Waals surface area (Å²) in [5.74, 6) is 0.986. The quantitative estimate of drug-likeness (QED) is 0.737. The lowest BCUT2D eigenvalue weighted by Crippen LogP contribution is -2.03. The Morgan fingerprint density at radius 3 is 2.93 bits per heavy atom. The summed E-state index contributed by atoms with van der Waals surface area (Å²) in [4.78, 5) is 4.51. The molecule has 2 rings (SSSR count). The molecule has 1 aliphatic heterocycles. The van der Waals surface area contributed by atoms with E-state index in [4.69, 9.17) is 4.74 Å². The van der Waals surface area contributed by atoms with Crippen LogP contribution in [0, 0.1) is 0 Å². The van der Waals surface area contributed by atoms with Gasteiger partial charge in [0, 0.05) is 17.8 Å². The van der Waals surface area contributed by atoms with Crippen LogP contribution in [0.15, 0.2) is 29.3 Å². The minimum Gasteiger partial charge on any atom is -0.493 e. The highest BCUT2D eigenvalue weighted by Crippen LogP contribution is 2.23. The Balaban J connectivity index is 2.21. The Kier molecular flexibility index (Phi) is 3.38. The first kappa shape index (κ1) is 10.2. The third kappa shape index (κ3) is 2.38. The van der Waals surface area contributed by atoms with Gasteiger partial charge in [-0.1, -0.05) is 19.1 Å². The first-order valence-electron chi connectivity index (χ1n) is 5.67. The molecule has 1 aliphatic rings. The highest BCUT2D eigenvalue weighted by molar-refractivity contribution is 6.03. The molecule has 1 aromatic rings. The molecule has 2 heteroatoms. The average molecular weight is 203 g/mol. The van der Waals surface area contributed by atoms with Crippen molar-refractivity contribution in [2.24, 2.45) is 4.99 Å². The number of nitrogens with zero attached hydrogens (tertiary/aromatic N) is 1. The summed E-state index contributed by atoms with van der Waals surface area (Å²) in [5.41, 5.74) is 2.39. The Bertz CT molecular complexity index is 357. The highest BCUT2D eigenvalue weighted by atomic mass is 16.5. The van der Waals surface area contributed by atoms with Gasteiger partial charge < -0.3 is 4.74 Å². The first-order valence-corrected chi connectivity index (χ1v) is 5.67. The van der Waals surface area contributed by atoms with Crippen molar-refractivity contribution < 1.29 is 4.74 Å². The normalized spacial score (nSPS) is 15.1. The fraction of sp³-hybridized carbons (Fsp3) is 0.462. The molecular formula is C13H17NO. The predicted molar refractivity (Wildman–Crippen MR) is 62.9 cm³/mol. The van der Waals surface area contributed by atoms with Crippen LogP contribution in [0.5, 0.6) is 5.75 Å². The summed E-state index contributed by atoms with van der Waals surface area (Å²) in [6.07, 6.45) is 3.31. The standard InChI is InChI=1S/C13H17NO/c1-2-10-15-13-8-4-3-6-11(13)12-7-5-9-14-12/h3-4,6,8H,2,5,7,9-10H2,1H3. The van der Waals surface area contributed by atoms with Crippen molar-refractivity contribution >= 4 is 5.71 Å². The third-order valence-corrected chi connectivity index (χ3v) is 2.53. The van der Waals surface area contributed by atoms with Gasteiger partial charge in [0.15, 0.2) is 0 Å². The lowest BCUT2D eigenvalue weighted by Gasteiger charge is -2.10. The average Bonchev–Trinajstić information content (AvgIpc) is 2.80. The number of hydrogen-bond donors (Lipinski definition) is 0. The SMILES string of the molecule is CCCOc1ccccc1C1=NCCC1. The van der Waals surface area contributed by atoms with Crippen LogP contribution in [0.25, 0.3) is 0 Å². The number of hydrogen-bond acceptors (Lipinski definition) is 2. The van der Waals surface area contributed by atoms with Crippen LogP contribution in [0.3, 0.4) is 0 Å². The fourth-order valence-corrected chi connectivity index (χ4v) is 1.80. The first-order chi connectivity index (χ1) is 7.42. The van der Waals surface area contributed by atoms with Crippen molar-refractivity contribution in [3.05, 3.63) is 29.8 Å². The van der Waals surface area contributed by atoms with Gasteiger partial charge >= 0.3 is 0 Å². The van der Waals surface area contributed by atoms with Crippen molar-refractivity contribution in [3.63, 3.8) is 0 Å². The van der Waals surface area contributed by atoms with Gasteiger partial charge in [0.25, 0.3) is 0 Å². The smallest absolute Gasteiger partial charge is 0.128 e. The lowest BCUT2D eigenvalue weighted by molar-refractivity contribution is 0.317. The van der Waals surface area contributed by atoms with Crippen molar-refractivity contribution in [1.29, 1.82) is 0 Å². The van der Waals surface area contributed by atoms with E-state index in [9.17, 15) is 0 Å². The zero-order valence-electron chi connectivity index (χ0n) is 9.20. The van der Waals surface area contributed by atoms with E-state index in [1.165, 1.54) is 17.7 Å². The molecule has 0 unspecified atom stereocenters. The molecule has 0 amide bonds. The van der Waals surface area contributed by atoms with Gasteiger partial charge in [-0.15, -0.1) is 0 Å². The highest BCUT2D eigenvalue weighted by Gasteiger charge is 2.12. The zero-order chi connectivity index (χ0) is 10.5. The van der Waals surface area contributed by atoms with Gasteiger partial charge in [-0.05, 0) is 31.4 Å². The topological polar surface area (TPSA) is 21.6 Å². The van der Waals surface area contributed by atoms with E-state index in [0.717, 1.165) is 31.7 Å². The monoisotopic (exact) mass is 203 g/mol. The molecule has 0 aromatic heterocycles. The van der Waals surface area contributed by atoms with Gasteiger partial charge in [0.2, 0.25) is 0 Å². The van der Waals surface area contributed by atoms with E-state index in [2.05, 4.69) is 24.0 Å². The largest absolute Gasteiger partial charge is 0.493 e. The van der Waals surface area contributed by atoms with Gasteiger partial charge in [-0.3, -0.25) is 4.99 Å². The number of ether oxygens (including phenoxy) is 1. The molecule has 1 heterocycles. The van der Waals surface area contributed by atoms with Crippen molar-refractivity contribution in [2.75, 3.05) is 13.2 Å². The third-order valence-electron chi connectivity index (χ3n) is 2.53. The summed E-state index contributed by atoms with van der Waals surface area (Å²) >= 11 is 0. The molecule has 15 heavy (non-hydrogen) atoms. The second-order valence-electron chi connectivity index (χ2n) is 3.78. The summed E-state index contributed by atoms with van der Waals surface area (Å²) in [6.45, 7) is 3.87. The van der Waals surface area contributed by atoms with E-state index in [1.54, 1.807) is 0 Å². The van der Waals surface area contributed by atoms with Crippen molar-refractivity contribution in [3.8, 4) is 5.75 Å². The minimum absolute atomic E-state index is 0.782. The molecule has 0 saturated carbocycles. The van der Waals surface area contributed by atoms with Crippen LogP contribution in [-0.4, -0.2) is 18.9 Å². The van der Waals surface area contributed by atoms with E-state index in [-0.39, 0.29) is 0 Å². The Morgan fingerprint density at radius 2 is 2.20 bits per heavy atom. The molecule has 1 aromatic carbocycles. The van der Waals surface area contributed by atoms with Gasteiger partial charge in [-0.2, -0.15) is 0 Å². The van der Waals surface area contributed by atoms with Crippen LogP contribution >= 0.6 is 0 Å². The summed E-state index contributed by atoms with van der Waals surface area (Å²) < 4.78 is 5.72. The van der Waals surface area contributed by atoms with E-state index in [0.29, 0.717) is 0 Å². The Hall–Kier alpha value is -1.31. The van der Waals surface area contributed by atoms with Crippen LogP contribution in [0.1, 0.15) is 31.7 Å². The molecule has 2 nitrogen and oxygen atoms in total. The fourth-order valence-electron chi connectivity index (χ4n) is 1.80. The van der Waals surface area contributed by atoms with Crippen LogP contribution in [0.4, 0.5) is 0 Å². The second kappa shape index (κ2) is 4.96. The van der Waals surface area contributed by atoms with Crippen molar-refractivity contribution in [2.45, 2.75) is 26.2 Å². The molecule has 0 fully saturated rings. The molecular weight excluding hydrogens is 186 g/mol. The lowest BCUT2D eigenvalue weighted by atomic mass is 10.1. The maximum absolute atomic E-state index is 5.72. The van der Waals surface area contributed by atoms with E-state index < -0.39 is 0 Å². The predicted octanol–water partition coefficient (Wildman–Crippen LogP) is 3.06. The van der Waals surface area contributed by atoms with Gasteiger partial charge in [-0.25, -0.2) is 0 Å². The van der Waals surface area contributed by atoms with Gasteiger partial charge in [0.1, 0.15) is 5.75 Å². The molecule has 0 N–H and O–H groups in total. The number of benzene rings is 1. The minimum atomic E-state index is 0.782. The number of rotatable bonds is 4. The van der Waals surface area contributed by atoms with Crippen LogP contribution < -0.4 is 4.74 Å². The molecule has 0 aliphatic carbocycles.